The average molecular weight is 435 g/mol. The van der Waals surface area contributed by atoms with E-state index in [0.29, 0.717) is 53.5 Å². The van der Waals surface area contributed by atoms with Gasteiger partial charge in [-0.25, -0.2) is 14.8 Å². The highest BCUT2D eigenvalue weighted by Gasteiger charge is 2.29. The van der Waals surface area contributed by atoms with Gasteiger partial charge in [-0.2, -0.15) is 0 Å². The second-order valence-corrected chi connectivity index (χ2v) is 8.54. The number of piperidine rings is 1. The molecule has 0 radical (unpaired) electrons. The van der Waals surface area contributed by atoms with Crippen LogP contribution in [0.3, 0.4) is 0 Å². The first-order valence-electron chi connectivity index (χ1n) is 11.0. The molecule has 0 spiro atoms. The van der Waals surface area contributed by atoms with Gasteiger partial charge in [-0.05, 0) is 55.4 Å². The number of carbonyl (C=O) groups is 1. The van der Waals surface area contributed by atoms with Crippen molar-refractivity contribution >= 4 is 22.7 Å². The molecule has 2 fully saturated rings. The van der Waals surface area contributed by atoms with E-state index in [4.69, 9.17) is 14.1 Å². The minimum Gasteiger partial charge on any atom is -0.497 e. The van der Waals surface area contributed by atoms with Gasteiger partial charge in [-0.3, -0.25) is 4.79 Å². The van der Waals surface area contributed by atoms with Gasteiger partial charge in [0.2, 0.25) is 5.89 Å². The van der Waals surface area contributed by atoms with E-state index in [-0.39, 0.29) is 5.89 Å². The van der Waals surface area contributed by atoms with Crippen LogP contribution in [0, 0.1) is 5.92 Å². The summed E-state index contributed by atoms with van der Waals surface area (Å²) in [5.74, 6) is 0.475. The standard InChI is InChI=1S/C24H25N3O5/c1-31-16-11-18(14-5-2-6-14)20-19(12-16)26-22(32-24(20)30)17-8-3-9-25-21(17)27-10-4-7-15(13-27)23(28)29/h3,8-9,11-12,14-15H,2,4-7,10,13H2,1H3,(H,28,29). The lowest BCUT2D eigenvalue weighted by atomic mass is 9.79. The Kier molecular flexibility index (Phi) is 5.28. The Morgan fingerprint density at radius 1 is 1.25 bits per heavy atom. The molecule has 1 saturated heterocycles. The number of carboxylic acids is 1. The molecule has 8 nitrogen and oxygen atoms in total. The molecule has 1 aliphatic carbocycles. The molecule has 32 heavy (non-hydrogen) atoms. The van der Waals surface area contributed by atoms with Crippen molar-refractivity contribution in [2.45, 2.75) is 38.0 Å². The lowest BCUT2D eigenvalue weighted by molar-refractivity contribution is -0.141. The second kappa shape index (κ2) is 8.26. The third-order valence-corrected chi connectivity index (χ3v) is 6.61. The highest BCUT2D eigenvalue weighted by Crippen LogP contribution is 2.41. The smallest absolute Gasteiger partial charge is 0.347 e. The Labute approximate surface area is 184 Å². The number of aromatic nitrogens is 2. The van der Waals surface area contributed by atoms with Crippen LogP contribution in [-0.4, -0.2) is 41.2 Å². The zero-order valence-corrected chi connectivity index (χ0v) is 17.9. The third-order valence-electron chi connectivity index (χ3n) is 6.61. The number of methoxy groups -OCH3 is 1. The summed E-state index contributed by atoms with van der Waals surface area (Å²) in [6.45, 7) is 1.04. The van der Waals surface area contributed by atoms with Gasteiger partial charge < -0.3 is 19.2 Å². The summed E-state index contributed by atoms with van der Waals surface area (Å²) in [7, 11) is 1.60. The molecule has 1 N–H and O–H groups in total. The predicted octanol–water partition coefficient (Wildman–Crippen LogP) is 3.83. The number of anilines is 1. The van der Waals surface area contributed by atoms with Crippen molar-refractivity contribution in [1.29, 1.82) is 0 Å². The fourth-order valence-electron chi connectivity index (χ4n) is 4.66. The van der Waals surface area contributed by atoms with E-state index in [1.807, 2.05) is 11.0 Å². The maximum absolute atomic E-state index is 13.1. The molecule has 1 saturated carbocycles. The van der Waals surface area contributed by atoms with E-state index < -0.39 is 17.5 Å². The van der Waals surface area contributed by atoms with E-state index in [1.165, 1.54) is 0 Å². The summed E-state index contributed by atoms with van der Waals surface area (Å²) in [6, 6.07) is 7.24. The minimum atomic E-state index is -0.807. The van der Waals surface area contributed by atoms with Crippen LogP contribution in [0.15, 0.2) is 39.7 Å². The molecule has 0 bridgehead atoms. The molecule has 1 aromatic carbocycles. The Morgan fingerprint density at radius 2 is 2.09 bits per heavy atom. The number of aliphatic carboxylic acids is 1. The zero-order chi connectivity index (χ0) is 22.2. The molecule has 0 amide bonds. The molecule has 3 aromatic rings. The van der Waals surface area contributed by atoms with Gasteiger partial charge in [0.05, 0.1) is 29.5 Å². The number of nitrogens with zero attached hydrogens (tertiary/aromatic N) is 3. The largest absolute Gasteiger partial charge is 0.497 e. The summed E-state index contributed by atoms with van der Waals surface area (Å²) < 4.78 is 11.2. The van der Waals surface area contributed by atoms with Gasteiger partial charge in [0.1, 0.15) is 11.6 Å². The number of rotatable bonds is 5. The van der Waals surface area contributed by atoms with Gasteiger partial charge in [0, 0.05) is 25.4 Å². The molecule has 1 unspecified atom stereocenters. The highest BCUT2D eigenvalue weighted by atomic mass is 16.5. The Hall–Kier alpha value is -3.42. The van der Waals surface area contributed by atoms with E-state index in [0.717, 1.165) is 31.2 Å². The number of fused-ring (bicyclic) bond motifs is 1. The van der Waals surface area contributed by atoms with Crippen LogP contribution in [0.2, 0.25) is 0 Å². The molecule has 5 rings (SSSR count). The van der Waals surface area contributed by atoms with Crippen LogP contribution >= 0.6 is 0 Å². The molecule has 1 aliphatic heterocycles. The van der Waals surface area contributed by atoms with Crippen molar-refractivity contribution in [2.24, 2.45) is 5.92 Å². The van der Waals surface area contributed by atoms with Crippen molar-refractivity contribution in [3.63, 3.8) is 0 Å². The quantitative estimate of drug-likeness (QED) is 0.645. The lowest BCUT2D eigenvalue weighted by Crippen LogP contribution is -2.39. The van der Waals surface area contributed by atoms with Crippen LogP contribution < -0.4 is 15.3 Å². The summed E-state index contributed by atoms with van der Waals surface area (Å²) >= 11 is 0. The zero-order valence-electron chi connectivity index (χ0n) is 17.9. The van der Waals surface area contributed by atoms with Crippen molar-refractivity contribution in [3.8, 4) is 17.2 Å². The van der Waals surface area contributed by atoms with Crippen LogP contribution in [0.4, 0.5) is 5.82 Å². The van der Waals surface area contributed by atoms with Gasteiger partial charge in [-0.15, -0.1) is 0 Å². The molecule has 166 valence electrons. The number of hydrogen-bond donors (Lipinski definition) is 1. The van der Waals surface area contributed by atoms with Gasteiger partial charge in [-0.1, -0.05) is 6.42 Å². The van der Waals surface area contributed by atoms with E-state index in [1.54, 1.807) is 31.5 Å². The SMILES string of the molecule is COc1cc(C2CCC2)c2c(=O)oc(-c3cccnc3N3CCCC(C(=O)O)C3)nc2c1. The first-order chi connectivity index (χ1) is 15.5. The average Bonchev–Trinajstić information content (AvgIpc) is 2.77. The first kappa shape index (κ1) is 20.5. The molecular formula is C24H25N3O5. The summed E-state index contributed by atoms with van der Waals surface area (Å²) in [5.41, 5.74) is 1.62. The van der Waals surface area contributed by atoms with Crippen LogP contribution in [-0.2, 0) is 4.79 Å². The molecule has 3 heterocycles. The molecule has 2 aromatic heterocycles. The summed E-state index contributed by atoms with van der Waals surface area (Å²) in [4.78, 5) is 35.8. The highest BCUT2D eigenvalue weighted by molar-refractivity contribution is 5.85. The maximum Gasteiger partial charge on any atom is 0.347 e. The third kappa shape index (κ3) is 3.59. The number of carboxylic acid groups (broad SMARTS) is 1. The number of benzene rings is 1. The number of ether oxygens (including phenoxy) is 1. The van der Waals surface area contributed by atoms with E-state index in [9.17, 15) is 14.7 Å². The van der Waals surface area contributed by atoms with Gasteiger partial charge in [0.15, 0.2) is 0 Å². The Bertz CT molecular complexity index is 1230. The molecule has 2 aliphatic rings. The normalized spacial score (nSPS) is 19.0. The van der Waals surface area contributed by atoms with Crippen LogP contribution in [0.5, 0.6) is 5.75 Å². The maximum atomic E-state index is 13.1. The molecule has 8 heteroatoms. The van der Waals surface area contributed by atoms with Gasteiger partial charge >= 0.3 is 11.6 Å². The first-order valence-corrected chi connectivity index (χ1v) is 11.0. The number of hydrogen-bond acceptors (Lipinski definition) is 7. The van der Waals surface area contributed by atoms with Gasteiger partial charge in [0.25, 0.3) is 0 Å². The van der Waals surface area contributed by atoms with E-state index in [2.05, 4.69) is 4.98 Å². The topological polar surface area (TPSA) is 106 Å². The van der Waals surface area contributed by atoms with Crippen LogP contribution in [0.25, 0.3) is 22.4 Å². The summed E-state index contributed by atoms with van der Waals surface area (Å²) in [5, 5.41) is 9.97. The van der Waals surface area contributed by atoms with Crippen LogP contribution in [0.1, 0.15) is 43.6 Å². The minimum absolute atomic E-state index is 0.177. The van der Waals surface area contributed by atoms with Crippen molar-refractivity contribution in [1.82, 2.24) is 9.97 Å². The Balaban J connectivity index is 1.62. The Morgan fingerprint density at radius 3 is 2.81 bits per heavy atom. The van der Waals surface area contributed by atoms with Crippen molar-refractivity contribution < 1.29 is 19.1 Å². The fraction of sp³-hybridized carbons (Fsp3) is 0.417. The van der Waals surface area contributed by atoms with Crippen molar-refractivity contribution in [2.75, 3.05) is 25.1 Å². The second-order valence-electron chi connectivity index (χ2n) is 8.54. The van der Waals surface area contributed by atoms with E-state index >= 15 is 0 Å². The number of pyridine rings is 1. The fourth-order valence-corrected chi connectivity index (χ4v) is 4.66. The molecule has 1 atom stereocenters. The predicted molar refractivity (Wildman–Crippen MR) is 119 cm³/mol. The lowest BCUT2D eigenvalue weighted by Gasteiger charge is -2.32. The molecular weight excluding hydrogens is 410 g/mol. The van der Waals surface area contributed by atoms with Crippen molar-refractivity contribution in [3.05, 3.63) is 46.4 Å². The monoisotopic (exact) mass is 435 g/mol. The summed E-state index contributed by atoms with van der Waals surface area (Å²) in [6.07, 6.45) is 6.27.